The monoisotopic (exact) mass is 405 g/mol. The molecule has 2 rings (SSSR count). The van der Waals surface area contributed by atoms with Crippen LogP contribution in [-0.4, -0.2) is 27.0 Å². The molecular weight excluding hydrogens is 402 g/mol. The van der Waals surface area contributed by atoms with Gasteiger partial charge < -0.3 is 10.4 Å². The number of carboxylic acids is 1. The molecule has 0 aliphatic carbocycles. The number of thiophene rings is 1. The van der Waals surface area contributed by atoms with E-state index in [0.29, 0.717) is 4.88 Å². The van der Waals surface area contributed by atoms with E-state index < -0.39 is 11.9 Å². The van der Waals surface area contributed by atoms with Crippen LogP contribution in [0.5, 0.6) is 0 Å². The first-order chi connectivity index (χ1) is 8.99. The van der Waals surface area contributed by atoms with Crippen molar-refractivity contribution < 1.29 is 14.7 Å². The smallest absolute Gasteiger partial charge is 0.358 e. The Balaban J connectivity index is 2.26. The Labute approximate surface area is 128 Å². The minimum Gasteiger partial charge on any atom is -0.476 e. The van der Waals surface area contributed by atoms with E-state index in [1.165, 1.54) is 23.7 Å². The molecule has 0 spiro atoms. The molecule has 0 atom stereocenters. The largest absolute Gasteiger partial charge is 0.476 e. The quantitative estimate of drug-likeness (QED) is 0.817. The summed E-state index contributed by atoms with van der Waals surface area (Å²) in [7, 11) is 0. The highest BCUT2D eigenvalue weighted by Crippen LogP contribution is 2.32. The second-order valence-electron chi connectivity index (χ2n) is 3.25. The normalized spacial score (nSPS) is 10.2. The molecule has 2 aromatic rings. The van der Waals surface area contributed by atoms with E-state index in [4.69, 9.17) is 5.11 Å². The third kappa shape index (κ3) is 3.17. The van der Waals surface area contributed by atoms with Gasteiger partial charge in [-0.3, -0.25) is 4.79 Å². The minimum absolute atomic E-state index is 0.0827. The standard InChI is InChI=1S/C10H5Br2N3O3S/c11-4-3-5(19-7(4)12)9(16)15-8-6(10(17)18)13-1-2-14-8/h1-3H,(H,17,18)(H,14,15,16). The number of halogens is 2. The zero-order valence-corrected chi connectivity index (χ0v) is 13.0. The van der Waals surface area contributed by atoms with Crippen LogP contribution in [0.4, 0.5) is 5.82 Å². The fraction of sp³-hybridized carbons (Fsp3) is 0. The number of rotatable bonds is 3. The Bertz CT molecular complexity index is 640. The highest BCUT2D eigenvalue weighted by atomic mass is 79.9. The van der Waals surface area contributed by atoms with Gasteiger partial charge in [-0.25, -0.2) is 14.8 Å². The van der Waals surface area contributed by atoms with E-state index in [2.05, 4.69) is 47.1 Å². The van der Waals surface area contributed by atoms with Gasteiger partial charge in [0.25, 0.3) is 5.91 Å². The summed E-state index contributed by atoms with van der Waals surface area (Å²) in [6.45, 7) is 0. The SMILES string of the molecule is O=C(Nc1nccnc1C(=O)O)c1cc(Br)c(Br)s1. The van der Waals surface area contributed by atoms with Gasteiger partial charge in [0.15, 0.2) is 11.5 Å². The van der Waals surface area contributed by atoms with Crippen molar-refractivity contribution in [2.45, 2.75) is 0 Å². The molecule has 0 saturated heterocycles. The van der Waals surface area contributed by atoms with Crippen LogP contribution in [-0.2, 0) is 0 Å². The van der Waals surface area contributed by atoms with E-state index >= 15 is 0 Å². The second-order valence-corrected chi connectivity index (χ2v) is 6.47. The molecule has 98 valence electrons. The molecule has 0 aliphatic rings. The first-order valence-corrected chi connectivity index (χ1v) is 7.19. The average Bonchev–Trinajstić information content (AvgIpc) is 2.70. The molecule has 2 heterocycles. The highest BCUT2D eigenvalue weighted by molar-refractivity contribution is 9.13. The molecule has 0 aromatic carbocycles. The van der Waals surface area contributed by atoms with Crippen LogP contribution in [0, 0.1) is 0 Å². The van der Waals surface area contributed by atoms with Crippen molar-refractivity contribution in [3.05, 3.63) is 37.3 Å². The zero-order valence-electron chi connectivity index (χ0n) is 9.05. The molecule has 1 amide bonds. The predicted molar refractivity (Wildman–Crippen MR) is 76.7 cm³/mol. The number of carbonyl (C=O) groups is 2. The summed E-state index contributed by atoms with van der Waals surface area (Å²) in [6.07, 6.45) is 2.56. The number of aromatic carboxylic acids is 1. The van der Waals surface area contributed by atoms with Crippen molar-refractivity contribution in [1.82, 2.24) is 9.97 Å². The van der Waals surface area contributed by atoms with Gasteiger partial charge in [-0.05, 0) is 37.9 Å². The number of amides is 1. The number of aromatic nitrogens is 2. The summed E-state index contributed by atoms with van der Waals surface area (Å²) in [5.41, 5.74) is -0.300. The Morgan fingerprint density at radius 1 is 1.26 bits per heavy atom. The molecule has 2 aromatic heterocycles. The van der Waals surface area contributed by atoms with E-state index in [9.17, 15) is 9.59 Å². The minimum atomic E-state index is -1.25. The molecule has 19 heavy (non-hydrogen) atoms. The van der Waals surface area contributed by atoms with Crippen molar-refractivity contribution in [1.29, 1.82) is 0 Å². The molecule has 0 aliphatic heterocycles. The van der Waals surface area contributed by atoms with Gasteiger partial charge in [0, 0.05) is 16.9 Å². The fourth-order valence-corrected chi connectivity index (χ4v) is 3.14. The number of hydrogen-bond acceptors (Lipinski definition) is 5. The van der Waals surface area contributed by atoms with Gasteiger partial charge in [0.05, 0.1) is 8.66 Å². The van der Waals surface area contributed by atoms with Crippen LogP contribution in [0.25, 0.3) is 0 Å². The van der Waals surface area contributed by atoms with E-state index in [1.807, 2.05) is 0 Å². The van der Waals surface area contributed by atoms with Crippen molar-refractivity contribution in [2.75, 3.05) is 5.32 Å². The van der Waals surface area contributed by atoms with Crippen molar-refractivity contribution in [3.63, 3.8) is 0 Å². The average molecular weight is 407 g/mol. The first-order valence-electron chi connectivity index (χ1n) is 4.79. The van der Waals surface area contributed by atoms with Crippen LogP contribution < -0.4 is 5.32 Å². The molecule has 6 nitrogen and oxygen atoms in total. The number of hydrogen-bond donors (Lipinski definition) is 2. The maximum absolute atomic E-state index is 12.0. The molecular formula is C10H5Br2N3O3S. The highest BCUT2D eigenvalue weighted by Gasteiger charge is 2.17. The van der Waals surface area contributed by atoms with Gasteiger partial charge in [-0.1, -0.05) is 0 Å². The lowest BCUT2D eigenvalue weighted by Gasteiger charge is -2.04. The number of nitrogens with one attached hydrogen (secondary N) is 1. The Hall–Kier alpha value is -1.32. The summed E-state index contributed by atoms with van der Waals surface area (Å²) in [5, 5.41) is 11.4. The van der Waals surface area contributed by atoms with Crippen LogP contribution in [0.15, 0.2) is 26.7 Å². The number of anilines is 1. The lowest BCUT2D eigenvalue weighted by molar-refractivity contribution is 0.0691. The predicted octanol–water partition coefficient (Wildman–Crippen LogP) is 3.01. The van der Waals surface area contributed by atoms with Crippen LogP contribution in [0.1, 0.15) is 20.2 Å². The number of nitrogens with zero attached hydrogens (tertiary/aromatic N) is 2. The molecule has 0 radical (unpaired) electrons. The van der Waals surface area contributed by atoms with E-state index in [0.717, 1.165) is 8.26 Å². The molecule has 0 fully saturated rings. The molecule has 9 heteroatoms. The summed E-state index contributed by atoms with van der Waals surface area (Å²) in [6, 6.07) is 1.63. The number of carbonyl (C=O) groups excluding carboxylic acids is 1. The van der Waals surface area contributed by atoms with Crippen LogP contribution in [0.3, 0.4) is 0 Å². The summed E-state index contributed by atoms with van der Waals surface area (Å²) in [5.74, 6) is -1.78. The van der Waals surface area contributed by atoms with Gasteiger partial charge in [-0.2, -0.15) is 0 Å². The molecule has 2 N–H and O–H groups in total. The van der Waals surface area contributed by atoms with Gasteiger partial charge in [-0.15, -0.1) is 11.3 Å². The molecule has 0 bridgehead atoms. The van der Waals surface area contributed by atoms with Crippen molar-refractivity contribution in [3.8, 4) is 0 Å². The summed E-state index contributed by atoms with van der Waals surface area (Å²) in [4.78, 5) is 30.8. The first kappa shape index (κ1) is 14.1. The lowest BCUT2D eigenvalue weighted by Crippen LogP contribution is -2.16. The summed E-state index contributed by atoms with van der Waals surface area (Å²) < 4.78 is 1.52. The maximum atomic E-state index is 12.0. The van der Waals surface area contributed by atoms with Crippen LogP contribution in [0.2, 0.25) is 0 Å². The van der Waals surface area contributed by atoms with Gasteiger partial charge >= 0.3 is 5.97 Å². The second kappa shape index (κ2) is 5.76. The fourth-order valence-electron chi connectivity index (χ4n) is 1.21. The molecule has 0 unspecified atom stereocenters. The van der Waals surface area contributed by atoms with Crippen LogP contribution >= 0.6 is 43.2 Å². The topological polar surface area (TPSA) is 92.2 Å². The number of carboxylic acid groups (broad SMARTS) is 1. The Morgan fingerprint density at radius 2 is 1.95 bits per heavy atom. The lowest BCUT2D eigenvalue weighted by atomic mass is 10.4. The zero-order chi connectivity index (χ0) is 14.0. The Morgan fingerprint density at radius 3 is 2.53 bits per heavy atom. The van der Waals surface area contributed by atoms with Crippen molar-refractivity contribution in [2.24, 2.45) is 0 Å². The van der Waals surface area contributed by atoms with E-state index in [-0.39, 0.29) is 11.5 Å². The van der Waals surface area contributed by atoms with Gasteiger partial charge in [0.1, 0.15) is 0 Å². The van der Waals surface area contributed by atoms with Gasteiger partial charge in [0.2, 0.25) is 0 Å². The third-order valence-electron chi connectivity index (χ3n) is 2.00. The third-order valence-corrected chi connectivity index (χ3v) is 5.26. The van der Waals surface area contributed by atoms with Crippen molar-refractivity contribution >= 4 is 60.9 Å². The maximum Gasteiger partial charge on any atom is 0.358 e. The molecule has 0 saturated carbocycles. The Kier molecular flexibility index (Phi) is 4.27. The van der Waals surface area contributed by atoms with E-state index in [1.54, 1.807) is 6.07 Å². The summed E-state index contributed by atoms with van der Waals surface area (Å²) >= 11 is 7.76.